The van der Waals surface area contributed by atoms with E-state index < -0.39 is 24.4 Å². The normalized spacial score (nSPS) is 52.6. The van der Waals surface area contributed by atoms with Crippen LogP contribution in [0.3, 0.4) is 0 Å². The van der Waals surface area contributed by atoms with Crippen molar-refractivity contribution >= 4 is 0 Å². The molecule has 0 bridgehead atoms. The van der Waals surface area contributed by atoms with Gasteiger partial charge in [-0.3, -0.25) is 0 Å². The SMILES string of the molecule is C[C@@H]1C[C@H](O)[C@@H](O)[C@H](O)[C@@H]1O. The smallest absolute Gasteiger partial charge is 0.108 e. The maximum absolute atomic E-state index is 9.21. The summed E-state index contributed by atoms with van der Waals surface area (Å²) in [6.07, 6.45) is -3.92. The fraction of sp³-hybridized carbons (Fsp3) is 1.00. The topological polar surface area (TPSA) is 80.9 Å². The van der Waals surface area contributed by atoms with Crippen molar-refractivity contribution in [3.8, 4) is 0 Å². The third-order valence-corrected chi connectivity index (χ3v) is 2.29. The molecule has 0 aliphatic heterocycles. The van der Waals surface area contributed by atoms with E-state index in [2.05, 4.69) is 0 Å². The summed E-state index contributed by atoms with van der Waals surface area (Å²) in [5.41, 5.74) is 0. The van der Waals surface area contributed by atoms with Gasteiger partial charge in [-0.05, 0) is 12.3 Å². The lowest BCUT2D eigenvalue weighted by atomic mass is 9.82. The van der Waals surface area contributed by atoms with Crippen LogP contribution in [-0.4, -0.2) is 44.8 Å². The Morgan fingerprint density at radius 3 is 2.00 bits per heavy atom. The van der Waals surface area contributed by atoms with Crippen molar-refractivity contribution < 1.29 is 20.4 Å². The van der Waals surface area contributed by atoms with Crippen LogP contribution in [0.15, 0.2) is 0 Å². The van der Waals surface area contributed by atoms with E-state index in [1.54, 1.807) is 6.92 Å². The van der Waals surface area contributed by atoms with Crippen LogP contribution >= 0.6 is 0 Å². The second kappa shape index (κ2) is 3.06. The van der Waals surface area contributed by atoms with Crippen molar-refractivity contribution in [3.63, 3.8) is 0 Å². The number of hydrogen-bond acceptors (Lipinski definition) is 4. The molecule has 0 aromatic rings. The molecular weight excluding hydrogens is 148 g/mol. The average molecular weight is 162 g/mol. The Morgan fingerprint density at radius 1 is 0.909 bits per heavy atom. The Hall–Kier alpha value is -0.160. The minimum Gasteiger partial charge on any atom is -0.390 e. The lowest BCUT2D eigenvalue weighted by molar-refractivity contribution is -0.154. The van der Waals surface area contributed by atoms with Crippen molar-refractivity contribution in [2.24, 2.45) is 5.92 Å². The predicted octanol–water partition coefficient (Wildman–Crippen LogP) is -1.53. The molecule has 5 atom stereocenters. The molecule has 4 heteroatoms. The van der Waals surface area contributed by atoms with Crippen molar-refractivity contribution in [2.75, 3.05) is 0 Å². The molecule has 0 spiro atoms. The van der Waals surface area contributed by atoms with Gasteiger partial charge in [0.25, 0.3) is 0 Å². The highest BCUT2D eigenvalue weighted by Crippen LogP contribution is 2.24. The lowest BCUT2D eigenvalue weighted by Crippen LogP contribution is -2.52. The fourth-order valence-electron chi connectivity index (χ4n) is 1.43. The summed E-state index contributed by atoms with van der Waals surface area (Å²) in [6, 6.07) is 0. The highest BCUT2D eigenvalue weighted by molar-refractivity contribution is 4.90. The molecule has 0 amide bonds. The van der Waals surface area contributed by atoms with Crippen molar-refractivity contribution in [1.29, 1.82) is 0 Å². The van der Waals surface area contributed by atoms with E-state index >= 15 is 0 Å². The standard InChI is InChI=1S/C7H14O4/c1-3-2-4(8)6(10)7(11)5(3)9/h3-11H,2H2,1H3/t3-,4+,5-,6-,7-/m1/s1. The van der Waals surface area contributed by atoms with Gasteiger partial charge in [0.2, 0.25) is 0 Å². The van der Waals surface area contributed by atoms with Crippen LogP contribution in [0.2, 0.25) is 0 Å². The van der Waals surface area contributed by atoms with Crippen molar-refractivity contribution in [2.45, 2.75) is 37.8 Å². The van der Waals surface area contributed by atoms with Gasteiger partial charge in [-0.2, -0.15) is 0 Å². The van der Waals surface area contributed by atoms with Gasteiger partial charge in [-0.15, -0.1) is 0 Å². The summed E-state index contributed by atoms with van der Waals surface area (Å²) in [5, 5.41) is 36.5. The number of aliphatic hydroxyl groups excluding tert-OH is 4. The molecule has 0 saturated heterocycles. The molecule has 11 heavy (non-hydrogen) atoms. The van der Waals surface area contributed by atoms with E-state index in [-0.39, 0.29) is 5.92 Å². The van der Waals surface area contributed by atoms with Gasteiger partial charge in [0.1, 0.15) is 12.2 Å². The lowest BCUT2D eigenvalue weighted by Gasteiger charge is -2.36. The van der Waals surface area contributed by atoms with Crippen LogP contribution in [0.4, 0.5) is 0 Å². The number of hydrogen-bond donors (Lipinski definition) is 4. The second-order valence-corrected chi connectivity index (χ2v) is 3.25. The van der Waals surface area contributed by atoms with Crippen LogP contribution in [0.1, 0.15) is 13.3 Å². The van der Waals surface area contributed by atoms with Gasteiger partial charge >= 0.3 is 0 Å². The highest BCUT2D eigenvalue weighted by atomic mass is 16.4. The first kappa shape index (κ1) is 8.93. The quantitative estimate of drug-likeness (QED) is 0.348. The fourth-order valence-corrected chi connectivity index (χ4v) is 1.43. The Kier molecular flexibility index (Phi) is 2.49. The third kappa shape index (κ3) is 1.54. The van der Waals surface area contributed by atoms with Gasteiger partial charge in [-0.1, -0.05) is 6.92 Å². The van der Waals surface area contributed by atoms with E-state index in [4.69, 9.17) is 15.3 Å². The zero-order valence-electron chi connectivity index (χ0n) is 6.38. The average Bonchev–Trinajstić information content (AvgIpc) is 1.97. The van der Waals surface area contributed by atoms with Crippen LogP contribution < -0.4 is 0 Å². The van der Waals surface area contributed by atoms with Crippen molar-refractivity contribution in [3.05, 3.63) is 0 Å². The largest absolute Gasteiger partial charge is 0.390 e. The predicted molar refractivity (Wildman–Crippen MR) is 37.8 cm³/mol. The minimum absolute atomic E-state index is 0.164. The first-order valence-electron chi connectivity index (χ1n) is 3.76. The first-order chi connectivity index (χ1) is 5.04. The van der Waals surface area contributed by atoms with Gasteiger partial charge in [-0.25, -0.2) is 0 Å². The van der Waals surface area contributed by atoms with Gasteiger partial charge < -0.3 is 20.4 Å². The highest BCUT2D eigenvalue weighted by Gasteiger charge is 2.39. The van der Waals surface area contributed by atoms with Crippen LogP contribution in [0.25, 0.3) is 0 Å². The van der Waals surface area contributed by atoms with E-state index in [0.717, 1.165) is 0 Å². The van der Waals surface area contributed by atoms with Crippen LogP contribution in [0, 0.1) is 5.92 Å². The first-order valence-corrected chi connectivity index (χ1v) is 3.76. The molecule has 4 nitrogen and oxygen atoms in total. The summed E-state index contributed by atoms with van der Waals surface area (Å²) < 4.78 is 0. The summed E-state index contributed by atoms with van der Waals surface area (Å²) in [6.45, 7) is 1.73. The molecule has 0 aromatic carbocycles. The zero-order valence-corrected chi connectivity index (χ0v) is 6.38. The van der Waals surface area contributed by atoms with Crippen LogP contribution in [0.5, 0.6) is 0 Å². The summed E-state index contributed by atoms with van der Waals surface area (Å²) >= 11 is 0. The minimum atomic E-state index is -1.21. The van der Waals surface area contributed by atoms with E-state index in [0.29, 0.717) is 6.42 Å². The van der Waals surface area contributed by atoms with Crippen LogP contribution in [-0.2, 0) is 0 Å². The molecule has 0 aromatic heterocycles. The molecule has 1 rings (SSSR count). The number of aliphatic hydroxyl groups is 4. The summed E-state index contributed by atoms with van der Waals surface area (Å²) in [4.78, 5) is 0. The maximum Gasteiger partial charge on any atom is 0.108 e. The summed E-state index contributed by atoms with van der Waals surface area (Å²) in [7, 11) is 0. The van der Waals surface area contributed by atoms with Gasteiger partial charge in [0.05, 0.1) is 12.2 Å². The Labute approximate surface area is 65.1 Å². The molecule has 0 unspecified atom stereocenters. The Balaban J connectivity index is 2.63. The van der Waals surface area contributed by atoms with Crippen molar-refractivity contribution in [1.82, 2.24) is 0 Å². The molecule has 4 N–H and O–H groups in total. The Bertz CT molecular complexity index is 124. The van der Waals surface area contributed by atoms with Gasteiger partial charge in [0, 0.05) is 0 Å². The monoisotopic (exact) mass is 162 g/mol. The second-order valence-electron chi connectivity index (χ2n) is 3.25. The Morgan fingerprint density at radius 2 is 1.45 bits per heavy atom. The molecule has 1 fully saturated rings. The molecular formula is C7H14O4. The van der Waals surface area contributed by atoms with E-state index in [1.165, 1.54) is 0 Å². The molecule has 1 aliphatic rings. The maximum atomic E-state index is 9.21. The van der Waals surface area contributed by atoms with E-state index in [9.17, 15) is 5.11 Å². The molecule has 0 radical (unpaired) electrons. The zero-order chi connectivity index (χ0) is 8.59. The molecule has 1 saturated carbocycles. The molecule has 66 valence electrons. The third-order valence-electron chi connectivity index (χ3n) is 2.29. The van der Waals surface area contributed by atoms with E-state index in [1.807, 2.05) is 0 Å². The molecule has 1 aliphatic carbocycles. The summed E-state index contributed by atoms with van der Waals surface area (Å²) in [5.74, 6) is -0.164. The molecule has 0 heterocycles. The van der Waals surface area contributed by atoms with Gasteiger partial charge in [0.15, 0.2) is 0 Å². The number of rotatable bonds is 0.